The van der Waals surface area contributed by atoms with Crippen LogP contribution in [0, 0.1) is 16.2 Å². The fraction of sp³-hybridized carbons (Fsp3) is 0.667. The molecule has 6 rings (SSSR count). The highest BCUT2D eigenvalue weighted by Gasteiger charge is 2.74. The van der Waals surface area contributed by atoms with Gasteiger partial charge in [0.05, 0.1) is 27.8 Å². The number of hydrogen-bond donors (Lipinski definition) is 0. The summed E-state index contributed by atoms with van der Waals surface area (Å²) in [5.74, 6) is 0.330. The van der Waals surface area contributed by atoms with E-state index < -0.39 is 5.41 Å². The summed E-state index contributed by atoms with van der Waals surface area (Å²) >= 11 is 0. The molecular formula is C27H35N3O. The molecule has 164 valence electrons. The first kappa shape index (κ1) is 19.7. The van der Waals surface area contributed by atoms with Crippen LogP contribution in [-0.4, -0.2) is 33.4 Å². The van der Waals surface area contributed by atoms with Crippen molar-refractivity contribution < 1.29 is 4.79 Å². The zero-order valence-electron chi connectivity index (χ0n) is 19.9. The summed E-state index contributed by atoms with van der Waals surface area (Å²) in [5, 5.41) is 0. The standard InChI is InChI=1S/C27H35N3O/c1-23(2)13-17-14-25(5,15-23)16-30(17)22(31)27-12-11-26(6,24(27,3)4)20-21(27)29-19-10-8-7-9-18(19)28-20/h7-10,17H,11-16H2,1-6H3. The molecule has 4 aliphatic rings. The van der Waals surface area contributed by atoms with E-state index in [-0.39, 0.29) is 16.2 Å². The van der Waals surface area contributed by atoms with Gasteiger partial charge in [0, 0.05) is 18.0 Å². The summed E-state index contributed by atoms with van der Waals surface area (Å²) in [7, 11) is 0. The minimum absolute atomic E-state index is 0.118. The number of rotatable bonds is 1. The van der Waals surface area contributed by atoms with E-state index in [0.717, 1.165) is 54.6 Å². The van der Waals surface area contributed by atoms with E-state index in [1.54, 1.807) is 0 Å². The van der Waals surface area contributed by atoms with Gasteiger partial charge in [0.25, 0.3) is 0 Å². The van der Waals surface area contributed by atoms with Gasteiger partial charge in [-0.1, -0.05) is 53.7 Å². The van der Waals surface area contributed by atoms with Gasteiger partial charge in [-0.25, -0.2) is 9.97 Å². The Morgan fingerprint density at radius 1 is 0.935 bits per heavy atom. The number of amides is 1. The molecule has 3 aliphatic carbocycles. The van der Waals surface area contributed by atoms with Gasteiger partial charge in [-0.3, -0.25) is 4.79 Å². The molecule has 3 fully saturated rings. The molecule has 4 heteroatoms. The lowest BCUT2D eigenvalue weighted by atomic mass is 9.63. The third-order valence-corrected chi connectivity index (χ3v) is 9.98. The maximum absolute atomic E-state index is 14.6. The Morgan fingerprint density at radius 3 is 2.26 bits per heavy atom. The second kappa shape index (κ2) is 5.50. The Hall–Kier alpha value is -1.97. The topological polar surface area (TPSA) is 46.1 Å². The van der Waals surface area contributed by atoms with Crippen molar-refractivity contribution in [3.8, 4) is 0 Å². The molecule has 1 aliphatic heterocycles. The first-order valence-corrected chi connectivity index (χ1v) is 12.0. The van der Waals surface area contributed by atoms with E-state index >= 15 is 0 Å². The average Bonchev–Trinajstić information content (AvgIpc) is 3.12. The monoisotopic (exact) mass is 417 g/mol. The molecule has 1 aromatic heterocycles. The average molecular weight is 418 g/mol. The third kappa shape index (κ3) is 2.19. The van der Waals surface area contributed by atoms with Crippen LogP contribution >= 0.6 is 0 Å². The van der Waals surface area contributed by atoms with Gasteiger partial charge in [0.15, 0.2) is 0 Å². The van der Waals surface area contributed by atoms with E-state index in [4.69, 9.17) is 9.97 Å². The fourth-order valence-corrected chi connectivity index (χ4v) is 8.46. The number of carbonyl (C=O) groups excluding carboxylic acids is 1. The minimum atomic E-state index is -0.563. The number of para-hydroxylation sites is 2. The Balaban J connectivity index is 1.53. The summed E-state index contributed by atoms with van der Waals surface area (Å²) in [6.07, 6.45) is 5.35. The number of nitrogens with zero attached hydrogens (tertiary/aromatic N) is 3. The SMILES string of the molecule is CC1(C)CC2CC(C)(CN2C(=O)C23CCC(C)(c4nc5ccccc5nc42)C3(C)C)C1. The molecule has 31 heavy (non-hydrogen) atoms. The Labute approximate surface area is 185 Å². The Kier molecular flexibility index (Phi) is 3.49. The zero-order chi connectivity index (χ0) is 22.0. The van der Waals surface area contributed by atoms with Crippen LogP contribution in [0.5, 0.6) is 0 Å². The van der Waals surface area contributed by atoms with Gasteiger partial charge >= 0.3 is 0 Å². The van der Waals surface area contributed by atoms with Gasteiger partial charge < -0.3 is 4.90 Å². The van der Waals surface area contributed by atoms with Crippen molar-refractivity contribution >= 4 is 16.9 Å². The maximum Gasteiger partial charge on any atom is 0.235 e. The molecule has 1 aromatic carbocycles. The van der Waals surface area contributed by atoms with Crippen LogP contribution in [0.15, 0.2) is 24.3 Å². The van der Waals surface area contributed by atoms with E-state index in [0.29, 0.717) is 17.4 Å². The number of aromatic nitrogens is 2. The van der Waals surface area contributed by atoms with Crippen molar-refractivity contribution in [2.45, 2.75) is 90.5 Å². The van der Waals surface area contributed by atoms with E-state index in [1.165, 1.54) is 6.42 Å². The predicted octanol–water partition coefficient (Wildman–Crippen LogP) is 5.39. The number of benzene rings is 1. The first-order chi connectivity index (χ1) is 14.4. The minimum Gasteiger partial charge on any atom is -0.338 e. The van der Waals surface area contributed by atoms with E-state index in [9.17, 15) is 4.79 Å². The molecule has 2 saturated carbocycles. The lowest BCUT2D eigenvalue weighted by Gasteiger charge is -2.43. The van der Waals surface area contributed by atoms with Gasteiger partial charge in [-0.2, -0.15) is 0 Å². The van der Waals surface area contributed by atoms with Crippen LogP contribution in [0.25, 0.3) is 11.0 Å². The second-order valence-electron chi connectivity index (χ2n) is 12.9. The number of likely N-dealkylation sites (tertiary alicyclic amines) is 1. The molecular weight excluding hydrogens is 382 g/mol. The van der Waals surface area contributed by atoms with Crippen LogP contribution in [0.2, 0.25) is 0 Å². The molecule has 0 spiro atoms. The quantitative estimate of drug-likeness (QED) is 0.625. The summed E-state index contributed by atoms with van der Waals surface area (Å²) < 4.78 is 0. The normalized spacial score (nSPS) is 39.2. The summed E-state index contributed by atoms with van der Waals surface area (Å²) in [4.78, 5) is 27.2. The van der Waals surface area contributed by atoms with E-state index in [2.05, 4.69) is 46.4 Å². The van der Waals surface area contributed by atoms with Gasteiger partial charge in [-0.15, -0.1) is 0 Å². The summed E-state index contributed by atoms with van der Waals surface area (Å²) in [5.41, 5.74) is 3.55. The molecule has 4 unspecified atom stereocenters. The summed E-state index contributed by atoms with van der Waals surface area (Å²) in [6.45, 7) is 15.0. The second-order valence-corrected chi connectivity index (χ2v) is 12.9. The molecule has 1 amide bonds. The number of fused-ring (bicyclic) bond motifs is 8. The fourth-order valence-electron chi connectivity index (χ4n) is 8.46. The van der Waals surface area contributed by atoms with Crippen molar-refractivity contribution in [2.24, 2.45) is 16.2 Å². The van der Waals surface area contributed by atoms with Gasteiger partial charge in [0.2, 0.25) is 5.91 Å². The lowest BCUT2D eigenvalue weighted by Crippen LogP contribution is -2.54. The van der Waals surface area contributed by atoms with Gasteiger partial charge in [-0.05, 0) is 60.5 Å². The third-order valence-electron chi connectivity index (χ3n) is 9.98. The number of hydrogen-bond acceptors (Lipinski definition) is 3. The Bertz CT molecular complexity index is 1140. The molecule has 1 saturated heterocycles. The highest BCUT2D eigenvalue weighted by atomic mass is 16.2. The molecule has 4 bridgehead atoms. The lowest BCUT2D eigenvalue weighted by molar-refractivity contribution is -0.142. The van der Waals surface area contributed by atoms with Crippen LogP contribution in [0.4, 0.5) is 0 Å². The molecule has 0 radical (unpaired) electrons. The van der Waals surface area contributed by atoms with Gasteiger partial charge in [0.1, 0.15) is 0 Å². The highest BCUT2D eigenvalue weighted by molar-refractivity contribution is 5.93. The van der Waals surface area contributed by atoms with Crippen LogP contribution in [0.3, 0.4) is 0 Å². The van der Waals surface area contributed by atoms with Crippen molar-refractivity contribution in [1.82, 2.24) is 14.9 Å². The van der Waals surface area contributed by atoms with Crippen molar-refractivity contribution in [3.63, 3.8) is 0 Å². The first-order valence-electron chi connectivity index (χ1n) is 12.0. The summed E-state index contributed by atoms with van der Waals surface area (Å²) in [6, 6.07) is 8.49. The zero-order valence-corrected chi connectivity index (χ0v) is 19.9. The van der Waals surface area contributed by atoms with Crippen molar-refractivity contribution in [3.05, 3.63) is 35.7 Å². The molecule has 2 heterocycles. The maximum atomic E-state index is 14.6. The van der Waals surface area contributed by atoms with Crippen molar-refractivity contribution in [2.75, 3.05) is 6.54 Å². The van der Waals surface area contributed by atoms with Crippen LogP contribution in [-0.2, 0) is 15.6 Å². The molecule has 4 atom stereocenters. The molecule has 0 N–H and O–H groups in total. The van der Waals surface area contributed by atoms with Crippen LogP contribution < -0.4 is 0 Å². The molecule has 4 nitrogen and oxygen atoms in total. The number of carbonyl (C=O) groups is 1. The Morgan fingerprint density at radius 2 is 1.58 bits per heavy atom. The molecule has 2 aromatic rings. The van der Waals surface area contributed by atoms with Crippen molar-refractivity contribution in [1.29, 1.82) is 0 Å². The highest BCUT2D eigenvalue weighted by Crippen LogP contribution is 2.71. The smallest absolute Gasteiger partial charge is 0.235 e. The van der Waals surface area contributed by atoms with Crippen LogP contribution in [0.1, 0.15) is 85.0 Å². The largest absolute Gasteiger partial charge is 0.338 e. The van der Waals surface area contributed by atoms with E-state index in [1.807, 2.05) is 24.3 Å². The predicted molar refractivity (Wildman–Crippen MR) is 123 cm³/mol.